The van der Waals surface area contributed by atoms with Crippen LogP contribution in [0.5, 0.6) is 0 Å². The highest BCUT2D eigenvalue weighted by atomic mass is 19.1. The average molecular weight is 327 g/mol. The number of rotatable bonds is 3. The van der Waals surface area contributed by atoms with Crippen LogP contribution in [0.25, 0.3) is 16.6 Å². The summed E-state index contributed by atoms with van der Waals surface area (Å²) in [7, 11) is 3.52. The lowest BCUT2D eigenvalue weighted by molar-refractivity contribution is 0.0687. The first-order valence-corrected chi connectivity index (χ1v) is 7.13. The lowest BCUT2D eigenvalue weighted by Crippen LogP contribution is -2.24. The number of anilines is 1. The number of aromatic nitrogens is 2. The normalized spacial score (nSPS) is 10.8. The number of aromatic carboxylic acids is 1. The lowest BCUT2D eigenvalue weighted by atomic mass is 10.1. The number of nitrogens with zero attached hydrogens (tertiary/aromatic N) is 3. The molecule has 0 radical (unpaired) electrons. The molecule has 0 atom stereocenters. The van der Waals surface area contributed by atoms with Crippen LogP contribution in [0.1, 0.15) is 10.5 Å². The Hall–Kier alpha value is -3.22. The minimum Gasteiger partial charge on any atom is -0.476 e. The van der Waals surface area contributed by atoms with Crippen molar-refractivity contribution in [2.24, 2.45) is 0 Å². The van der Waals surface area contributed by atoms with E-state index in [0.717, 1.165) is 0 Å². The Kier molecular flexibility index (Phi) is 3.76. The van der Waals surface area contributed by atoms with Gasteiger partial charge in [0.15, 0.2) is 0 Å². The number of carbonyl (C=O) groups is 1. The molecule has 2 aromatic carbocycles. The van der Waals surface area contributed by atoms with E-state index in [1.54, 1.807) is 37.2 Å². The third kappa shape index (κ3) is 2.50. The molecule has 122 valence electrons. The second-order valence-corrected chi connectivity index (χ2v) is 5.44. The summed E-state index contributed by atoms with van der Waals surface area (Å²) in [5, 5.41) is 13.5. The van der Waals surface area contributed by atoms with Gasteiger partial charge in [-0.1, -0.05) is 6.07 Å². The molecular formula is C17H14FN3O3. The van der Waals surface area contributed by atoms with Gasteiger partial charge in [-0.3, -0.25) is 4.79 Å². The zero-order valence-corrected chi connectivity index (χ0v) is 13.0. The van der Waals surface area contributed by atoms with Gasteiger partial charge in [0.2, 0.25) is 11.1 Å². The van der Waals surface area contributed by atoms with Gasteiger partial charge >= 0.3 is 5.97 Å². The molecule has 0 aliphatic carbocycles. The summed E-state index contributed by atoms with van der Waals surface area (Å²) in [6, 6.07) is 10.6. The predicted molar refractivity (Wildman–Crippen MR) is 88.6 cm³/mol. The molecule has 1 heterocycles. The highest BCUT2D eigenvalue weighted by Gasteiger charge is 2.20. The van der Waals surface area contributed by atoms with E-state index in [1.807, 2.05) is 0 Å². The van der Waals surface area contributed by atoms with E-state index in [9.17, 15) is 19.1 Å². The van der Waals surface area contributed by atoms with Crippen molar-refractivity contribution in [1.29, 1.82) is 0 Å². The van der Waals surface area contributed by atoms with Gasteiger partial charge in [-0.25, -0.2) is 13.9 Å². The van der Waals surface area contributed by atoms with Crippen molar-refractivity contribution in [2.45, 2.75) is 0 Å². The average Bonchev–Trinajstić information content (AvgIpc) is 2.55. The quantitative estimate of drug-likeness (QED) is 0.799. The van der Waals surface area contributed by atoms with Crippen molar-refractivity contribution in [2.75, 3.05) is 19.0 Å². The fourth-order valence-electron chi connectivity index (χ4n) is 2.55. The number of halogens is 1. The van der Waals surface area contributed by atoms with Gasteiger partial charge in [0.1, 0.15) is 5.82 Å². The molecule has 6 nitrogen and oxygen atoms in total. The van der Waals surface area contributed by atoms with Crippen LogP contribution >= 0.6 is 0 Å². The van der Waals surface area contributed by atoms with Gasteiger partial charge < -0.3 is 10.0 Å². The van der Waals surface area contributed by atoms with Crippen LogP contribution in [0.15, 0.2) is 47.3 Å². The van der Waals surface area contributed by atoms with Crippen LogP contribution < -0.4 is 10.3 Å². The summed E-state index contributed by atoms with van der Waals surface area (Å²) in [5.74, 6) is -1.83. The summed E-state index contributed by atoms with van der Waals surface area (Å²) in [5.41, 5.74) is 0.252. The summed E-state index contributed by atoms with van der Waals surface area (Å²) in [6.45, 7) is 0. The molecular weight excluding hydrogens is 313 g/mol. The van der Waals surface area contributed by atoms with Gasteiger partial charge in [-0.15, -0.1) is 0 Å². The number of fused-ring (bicyclic) bond motifs is 1. The van der Waals surface area contributed by atoms with Crippen LogP contribution in [0.2, 0.25) is 0 Å². The van der Waals surface area contributed by atoms with E-state index in [0.29, 0.717) is 16.9 Å². The Morgan fingerprint density at radius 2 is 1.83 bits per heavy atom. The van der Waals surface area contributed by atoms with E-state index in [2.05, 4.69) is 5.10 Å². The number of hydrogen-bond acceptors (Lipinski definition) is 4. The molecule has 3 rings (SSSR count). The van der Waals surface area contributed by atoms with E-state index in [1.165, 1.54) is 28.9 Å². The maximum absolute atomic E-state index is 13.2. The fourth-order valence-corrected chi connectivity index (χ4v) is 2.55. The van der Waals surface area contributed by atoms with Gasteiger partial charge in [-0.2, -0.15) is 5.10 Å². The van der Waals surface area contributed by atoms with Crippen LogP contribution in [0.4, 0.5) is 10.1 Å². The maximum atomic E-state index is 13.2. The molecule has 0 spiro atoms. The maximum Gasteiger partial charge on any atom is 0.360 e. The Morgan fingerprint density at radius 1 is 1.17 bits per heavy atom. The smallest absolute Gasteiger partial charge is 0.360 e. The first kappa shape index (κ1) is 15.7. The largest absolute Gasteiger partial charge is 0.476 e. The Balaban J connectivity index is 2.47. The lowest BCUT2D eigenvalue weighted by Gasteiger charge is -2.17. The van der Waals surface area contributed by atoms with E-state index >= 15 is 0 Å². The molecule has 0 fully saturated rings. The van der Waals surface area contributed by atoms with Crippen LogP contribution in [0.3, 0.4) is 0 Å². The standard InChI is InChI=1S/C17H14FN3O3/c1-20(2)12-4-3-5-13-14(12)16(22)15(17(23)24)19-21(13)11-8-6-10(18)7-9-11/h3-9H,1-2H3,(H,23,24). The van der Waals surface area contributed by atoms with Crippen molar-refractivity contribution in [3.8, 4) is 5.69 Å². The van der Waals surface area contributed by atoms with Gasteiger partial charge in [0, 0.05) is 19.8 Å². The van der Waals surface area contributed by atoms with Crippen LogP contribution in [0, 0.1) is 5.82 Å². The van der Waals surface area contributed by atoms with E-state index < -0.39 is 22.9 Å². The molecule has 1 N–H and O–H groups in total. The van der Waals surface area contributed by atoms with Crippen molar-refractivity contribution in [3.63, 3.8) is 0 Å². The van der Waals surface area contributed by atoms with E-state index in [4.69, 9.17) is 0 Å². The zero-order valence-electron chi connectivity index (χ0n) is 13.0. The van der Waals surface area contributed by atoms with E-state index in [-0.39, 0.29) is 5.39 Å². The predicted octanol–water partition coefficient (Wildman–Crippen LogP) is 2.29. The summed E-state index contributed by atoms with van der Waals surface area (Å²) < 4.78 is 14.5. The third-order valence-corrected chi connectivity index (χ3v) is 3.65. The summed E-state index contributed by atoms with van der Waals surface area (Å²) in [4.78, 5) is 25.8. The van der Waals surface area contributed by atoms with Crippen molar-refractivity contribution in [1.82, 2.24) is 9.78 Å². The first-order valence-electron chi connectivity index (χ1n) is 7.13. The summed E-state index contributed by atoms with van der Waals surface area (Å²) in [6.07, 6.45) is 0. The molecule has 0 saturated carbocycles. The Bertz CT molecular complexity index is 994. The zero-order chi connectivity index (χ0) is 17.4. The van der Waals surface area contributed by atoms with Crippen LogP contribution in [-0.4, -0.2) is 35.0 Å². The number of carboxylic acids is 1. The Morgan fingerprint density at radius 3 is 2.42 bits per heavy atom. The Labute approximate surface area is 136 Å². The number of hydrogen-bond donors (Lipinski definition) is 1. The van der Waals surface area contributed by atoms with Crippen molar-refractivity contribution in [3.05, 3.63) is 64.2 Å². The molecule has 3 aromatic rings. The molecule has 0 saturated heterocycles. The van der Waals surface area contributed by atoms with Gasteiger partial charge in [0.25, 0.3) is 0 Å². The monoisotopic (exact) mass is 327 g/mol. The molecule has 0 unspecified atom stereocenters. The van der Waals surface area contributed by atoms with Crippen molar-refractivity contribution >= 4 is 22.6 Å². The molecule has 0 aliphatic rings. The summed E-state index contributed by atoms with van der Waals surface area (Å²) >= 11 is 0. The van der Waals surface area contributed by atoms with Gasteiger partial charge in [0.05, 0.1) is 16.6 Å². The highest BCUT2D eigenvalue weighted by molar-refractivity contribution is 5.97. The molecule has 1 aromatic heterocycles. The van der Waals surface area contributed by atoms with Crippen LogP contribution in [-0.2, 0) is 0 Å². The molecule has 24 heavy (non-hydrogen) atoms. The van der Waals surface area contributed by atoms with Crippen molar-refractivity contribution < 1.29 is 14.3 Å². The fraction of sp³-hybridized carbons (Fsp3) is 0.118. The molecule has 0 aliphatic heterocycles. The minimum atomic E-state index is -1.41. The topological polar surface area (TPSA) is 75.4 Å². The second-order valence-electron chi connectivity index (χ2n) is 5.44. The molecule has 0 bridgehead atoms. The number of benzene rings is 2. The molecule has 7 heteroatoms. The molecule has 0 amide bonds. The minimum absolute atomic E-state index is 0.249. The number of carboxylic acid groups (broad SMARTS) is 1. The first-order chi connectivity index (χ1) is 11.4. The second kappa shape index (κ2) is 5.77. The van der Waals surface area contributed by atoms with Gasteiger partial charge in [-0.05, 0) is 36.4 Å². The third-order valence-electron chi connectivity index (χ3n) is 3.65. The highest BCUT2D eigenvalue weighted by Crippen LogP contribution is 2.24. The SMILES string of the molecule is CN(C)c1cccc2c1c(=O)c(C(=O)O)nn2-c1ccc(F)cc1.